The van der Waals surface area contributed by atoms with Gasteiger partial charge < -0.3 is 14.7 Å². The predicted molar refractivity (Wildman–Crippen MR) is 73.6 cm³/mol. The van der Waals surface area contributed by atoms with Crippen LogP contribution in [0.1, 0.15) is 40.4 Å². The summed E-state index contributed by atoms with van der Waals surface area (Å²) >= 11 is 0. The van der Waals surface area contributed by atoms with Gasteiger partial charge in [-0.1, -0.05) is 0 Å². The number of rotatable bonds is 4. The van der Waals surface area contributed by atoms with E-state index in [1.807, 2.05) is 0 Å². The summed E-state index contributed by atoms with van der Waals surface area (Å²) in [5, 5.41) is 9.88. The van der Waals surface area contributed by atoms with Gasteiger partial charge in [0.25, 0.3) is 0 Å². The maximum atomic E-state index is 12.0. The van der Waals surface area contributed by atoms with Gasteiger partial charge in [0.1, 0.15) is 5.52 Å². The van der Waals surface area contributed by atoms with E-state index in [4.69, 9.17) is 9.47 Å². The molecule has 0 spiro atoms. The Morgan fingerprint density at radius 1 is 1.19 bits per heavy atom. The third kappa shape index (κ3) is 2.67. The van der Waals surface area contributed by atoms with E-state index in [0.29, 0.717) is 16.7 Å². The van der Waals surface area contributed by atoms with Crippen molar-refractivity contribution >= 4 is 23.0 Å². The van der Waals surface area contributed by atoms with Crippen LogP contribution in [0, 0.1) is 6.92 Å². The number of hydrogen-bond donors (Lipinski definition) is 1. The van der Waals surface area contributed by atoms with Crippen molar-refractivity contribution in [2.24, 2.45) is 0 Å². The zero-order valence-electron chi connectivity index (χ0n) is 12.0. The molecule has 2 heterocycles. The van der Waals surface area contributed by atoms with Gasteiger partial charge in [0.05, 0.1) is 30.0 Å². The SMILES string of the molecule is CCOC(=O)c1cc2c(cc(C)n2O)nc1C(=O)OCC. The number of ether oxygens (including phenoxy) is 2. The molecule has 0 bridgehead atoms. The van der Waals surface area contributed by atoms with Crippen molar-refractivity contribution in [3.8, 4) is 0 Å². The normalized spacial score (nSPS) is 10.6. The topological polar surface area (TPSA) is 90.6 Å². The molecule has 0 aliphatic heterocycles. The number of fused-ring (bicyclic) bond motifs is 1. The average molecular weight is 292 g/mol. The number of carbonyl (C=O) groups excluding carboxylic acids is 2. The van der Waals surface area contributed by atoms with Crippen molar-refractivity contribution in [3.63, 3.8) is 0 Å². The molecule has 1 N–H and O–H groups in total. The smallest absolute Gasteiger partial charge is 0.357 e. The highest BCUT2D eigenvalue weighted by molar-refractivity contribution is 6.04. The minimum atomic E-state index is -0.703. The van der Waals surface area contributed by atoms with Gasteiger partial charge in [0, 0.05) is 0 Å². The Labute approximate surface area is 121 Å². The van der Waals surface area contributed by atoms with Gasteiger partial charge in [-0.2, -0.15) is 4.73 Å². The summed E-state index contributed by atoms with van der Waals surface area (Å²) in [5.41, 5.74) is 1.10. The summed E-state index contributed by atoms with van der Waals surface area (Å²) in [7, 11) is 0. The number of pyridine rings is 1. The van der Waals surface area contributed by atoms with Gasteiger partial charge in [-0.3, -0.25) is 0 Å². The maximum Gasteiger partial charge on any atom is 0.357 e. The Morgan fingerprint density at radius 2 is 1.81 bits per heavy atom. The van der Waals surface area contributed by atoms with Crippen LogP contribution >= 0.6 is 0 Å². The molecule has 7 nitrogen and oxygen atoms in total. The fourth-order valence-corrected chi connectivity index (χ4v) is 1.96. The molecule has 2 rings (SSSR count). The lowest BCUT2D eigenvalue weighted by Crippen LogP contribution is -2.16. The molecule has 0 aliphatic carbocycles. The van der Waals surface area contributed by atoms with Crippen molar-refractivity contribution < 1.29 is 24.3 Å². The van der Waals surface area contributed by atoms with Crippen LogP contribution in [0.15, 0.2) is 12.1 Å². The molecule has 2 aromatic heterocycles. The summed E-state index contributed by atoms with van der Waals surface area (Å²) in [6, 6.07) is 2.98. The molecule has 7 heteroatoms. The van der Waals surface area contributed by atoms with Gasteiger partial charge in [0.15, 0.2) is 5.69 Å². The highest BCUT2D eigenvalue weighted by Gasteiger charge is 2.23. The quantitative estimate of drug-likeness (QED) is 0.684. The fraction of sp³-hybridized carbons (Fsp3) is 0.357. The van der Waals surface area contributed by atoms with Crippen molar-refractivity contribution in [1.82, 2.24) is 9.71 Å². The van der Waals surface area contributed by atoms with Crippen LogP contribution in [-0.4, -0.2) is 40.1 Å². The fourth-order valence-electron chi connectivity index (χ4n) is 1.96. The van der Waals surface area contributed by atoms with E-state index >= 15 is 0 Å². The second kappa shape index (κ2) is 5.82. The Balaban J connectivity index is 2.65. The largest absolute Gasteiger partial charge is 0.462 e. The summed E-state index contributed by atoms with van der Waals surface area (Å²) in [4.78, 5) is 28.0. The molecule has 2 aromatic rings. The van der Waals surface area contributed by atoms with Crippen LogP contribution in [0.3, 0.4) is 0 Å². The minimum absolute atomic E-state index is 0.0313. The molecule has 0 fully saturated rings. The molecule has 0 aromatic carbocycles. The first kappa shape index (κ1) is 14.8. The molecule has 112 valence electrons. The molecular weight excluding hydrogens is 276 g/mol. The summed E-state index contributed by atoms with van der Waals surface area (Å²) < 4.78 is 10.7. The molecule has 0 saturated heterocycles. The Hall–Kier alpha value is -2.57. The van der Waals surface area contributed by atoms with E-state index in [-0.39, 0.29) is 24.5 Å². The highest BCUT2D eigenvalue weighted by Crippen LogP contribution is 2.21. The van der Waals surface area contributed by atoms with Crippen molar-refractivity contribution in [2.45, 2.75) is 20.8 Å². The van der Waals surface area contributed by atoms with Gasteiger partial charge in [0.2, 0.25) is 0 Å². The first-order valence-corrected chi connectivity index (χ1v) is 6.56. The zero-order valence-corrected chi connectivity index (χ0v) is 12.0. The number of esters is 2. The summed E-state index contributed by atoms with van der Waals surface area (Å²) in [6.07, 6.45) is 0. The molecule has 0 atom stereocenters. The van der Waals surface area contributed by atoms with E-state index in [1.54, 1.807) is 26.8 Å². The van der Waals surface area contributed by atoms with Gasteiger partial charge in [-0.05, 0) is 32.9 Å². The van der Waals surface area contributed by atoms with Crippen molar-refractivity contribution in [3.05, 3.63) is 29.1 Å². The lowest BCUT2D eigenvalue weighted by Gasteiger charge is -2.08. The lowest BCUT2D eigenvalue weighted by molar-refractivity contribution is 0.0474. The number of hydrogen-bond acceptors (Lipinski definition) is 6. The van der Waals surface area contributed by atoms with E-state index < -0.39 is 11.9 Å². The van der Waals surface area contributed by atoms with Gasteiger partial charge in [-0.15, -0.1) is 0 Å². The maximum absolute atomic E-state index is 12.0. The molecule has 0 radical (unpaired) electrons. The zero-order chi connectivity index (χ0) is 15.6. The number of aromatic nitrogens is 2. The average Bonchev–Trinajstić information content (AvgIpc) is 2.73. The lowest BCUT2D eigenvalue weighted by atomic mass is 10.1. The van der Waals surface area contributed by atoms with E-state index in [9.17, 15) is 14.8 Å². The van der Waals surface area contributed by atoms with Gasteiger partial charge >= 0.3 is 11.9 Å². The van der Waals surface area contributed by atoms with Crippen LogP contribution in [-0.2, 0) is 9.47 Å². The van der Waals surface area contributed by atoms with E-state index in [2.05, 4.69) is 4.98 Å². The molecular formula is C14H16N2O5. The summed E-state index contributed by atoms with van der Waals surface area (Å²) in [5.74, 6) is -1.39. The molecule has 21 heavy (non-hydrogen) atoms. The Bertz CT molecular complexity index is 705. The third-order valence-electron chi connectivity index (χ3n) is 2.90. The predicted octanol–water partition coefficient (Wildman–Crippen LogP) is 1.94. The second-order valence-corrected chi connectivity index (χ2v) is 4.33. The monoisotopic (exact) mass is 292 g/mol. The minimum Gasteiger partial charge on any atom is -0.462 e. The summed E-state index contributed by atoms with van der Waals surface area (Å²) in [6.45, 7) is 5.33. The van der Waals surface area contributed by atoms with Crippen LogP contribution in [0.2, 0.25) is 0 Å². The number of nitrogens with zero attached hydrogens (tertiary/aromatic N) is 2. The van der Waals surface area contributed by atoms with Gasteiger partial charge in [-0.25, -0.2) is 14.6 Å². The molecule has 0 aliphatic rings. The molecule has 0 amide bonds. The first-order valence-electron chi connectivity index (χ1n) is 6.56. The molecule has 0 unspecified atom stereocenters. The van der Waals surface area contributed by atoms with Crippen LogP contribution < -0.4 is 0 Å². The Morgan fingerprint density at radius 3 is 2.43 bits per heavy atom. The van der Waals surface area contributed by atoms with Crippen LogP contribution in [0.25, 0.3) is 11.0 Å². The van der Waals surface area contributed by atoms with E-state index in [1.165, 1.54) is 6.07 Å². The van der Waals surface area contributed by atoms with Crippen LogP contribution in [0.4, 0.5) is 0 Å². The number of aryl methyl sites for hydroxylation is 1. The number of carbonyl (C=O) groups is 2. The van der Waals surface area contributed by atoms with Crippen molar-refractivity contribution in [1.29, 1.82) is 0 Å². The first-order chi connectivity index (χ1) is 9.99. The Kier molecular flexibility index (Phi) is 4.11. The third-order valence-corrected chi connectivity index (χ3v) is 2.90. The van der Waals surface area contributed by atoms with E-state index in [0.717, 1.165) is 4.73 Å². The second-order valence-electron chi connectivity index (χ2n) is 4.33. The highest BCUT2D eigenvalue weighted by atomic mass is 16.5. The standard InChI is InChI=1S/C14H16N2O5/c1-4-20-13(17)9-7-11-10(6-8(3)16(11)19)15-12(9)14(18)21-5-2/h6-7,19H,4-5H2,1-3H3. The van der Waals surface area contributed by atoms with Crippen LogP contribution in [0.5, 0.6) is 0 Å². The van der Waals surface area contributed by atoms with Crippen molar-refractivity contribution in [2.75, 3.05) is 13.2 Å². The molecule has 0 saturated carbocycles.